The van der Waals surface area contributed by atoms with Crippen molar-refractivity contribution < 1.29 is 14.5 Å². The van der Waals surface area contributed by atoms with Crippen LogP contribution >= 0.6 is 11.6 Å². The second kappa shape index (κ2) is 8.43. The highest BCUT2D eigenvalue weighted by Gasteiger charge is 2.15. The zero-order valence-electron chi connectivity index (χ0n) is 11.7. The number of rotatable bonds is 9. The summed E-state index contributed by atoms with van der Waals surface area (Å²) in [6, 6.07) is 3.49. The fourth-order valence-corrected chi connectivity index (χ4v) is 1.90. The third-order valence-corrected chi connectivity index (χ3v) is 3.07. The number of nitro benzene ring substituents is 1. The third kappa shape index (κ3) is 5.57. The smallest absolute Gasteiger partial charge is 0.271 e. The van der Waals surface area contributed by atoms with Gasteiger partial charge in [0, 0.05) is 18.6 Å². The van der Waals surface area contributed by atoms with Crippen LogP contribution in [0.25, 0.3) is 0 Å². The molecule has 0 aliphatic carbocycles. The first-order valence-corrected chi connectivity index (χ1v) is 6.93. The molecule has 0 fully saturated rings. The number of non-ortho nitro benzene ring substituents is 1. The van der Waals surface area contributed by atoms with Crippen molar-refractivity contribution in [3.63, 3.8) is 0 Å². The lowest BCUT2D eigenvalue weighted by Gasteiger charge is -2.15. The Morgan fingerprint density at radius 3 is 2.81 bits per heavy atom. The number of nitrogens with zero attached hydrogens (tertiary/aromatic N) is 1. The largest absolute Gasteiger partial charge is 0.492 e. The van der Waals surface area contributed by atoms with Crippen molar-refractivity contribution in [2.75, 3.05) is 13.2 Å². The van der Waals surface area contributed by atoms with Gasteiger partial charge in [-0.05, 0) is 19.0 Å². The summed E-state index contributed by atoms with van der Waals surface area (Å²) in [6.45, 7) is 2.89. The second-order valence-corrected chi connectivity index (χ2v) is 4.83. The topological polar surface area (TPSA) is 107 Å². The molecule has 116 valence electrons. The van der Waals surface area contributed by atoms with E-state index in [1.54, 1.807) is 0 Å². The maximum atomic E-state index is 11.2. The van der Waals surface area contributed by atoms with Crippen LogP contribution in [0.5, 0.6) is 5.75 Å². The molecule has 7 nitrogen and oxygen atoms in total. The molecule has 21 heavy (non-hydrogen) atoms. The van der Waals surface area contributed by atoms with Gasteiger partial charge in [0.1, 0.15) is 5.75 Å². The van der Waals surface area contributed by atoms with Gasteiger partial charge >= 0.3 is 0 Å². The number of hydrogen-bond donors (Lipinski definition) is 2. The molecule has 0 aliphatic heterocycles. The lowest BCUT2D eigenvalue weighted by atomic mass is 10.2. The van der Waals surface area contributed by atoms with Crippen molar-refractivity contribution in [2.24, 2.45) is 5.73 Å². The van der Waals surface area contributed by atoms with Crippen molar-refractivity contribution in [3.8, 4) is 5.75 Å². The van der Waals surface area contributed by atoms with Crippen molar-refractivity contribution >= 4 is 23.2 Å². The summed E-state index contributed by atoms with van der Waals surface area (Å²) in [7, 11) is 0. The number of carbonyl (C=O) groups is 1. The predicted molar refractivity (Wildman–Crippen MR) is 79.5 cm³/mol. The Morgan fingerprint density at radius 1 is 1.57 bits per heavy atom. The Bertz CT molecular complexity index is 510. The predicted octanol–water partition coefficient (Wildman–Crippen LogP) is 1.87. The monoisotopic (exact) mass is 315 g/mol. The van der Waals surface area contributed by atoms with Crippen LogP contribution in [-0.4, -0.2) is 30.0 Å². The number of nitro groups is 1. The van der Waals surface area contributed by atoms with E-state index in [9.17, 15) is 14.9 Å². The van der Waals surface area contributed by atoms with Gasteiger partial charge in [-0.15, -0.1) is 0 Å². The molecule has 8 heteroatoms. The lowest BCUT2D eigenvalue weighted by molar-refractivity contribution is -0.384. The summed E-state index contributed by atoms with van der Waals surface area (Å²) < 4.78 is 5.43. The minimum atomic E-state index is -0.534. The average Bonchev–Trinajstić information content (AvgIpc) is 2.43. The Balaban J connectivity index is 2.54. The summed E-state index contributed by atoms with van der Waals surface area (Å²) in [5.41, 5.74) is 5.18. The maximum Gasteiger partial charge on any atom is 0.271 e. The molecular formula is C13H18ClN3O4. The molecule has 0 saturated heterocycles. The third-order valence-electron chi connectivity index (χ3n) is 2.77. The Hall–Kier alpha value is -1.86. The summed E-state index contributed by atoms with van der Waals surface area (Å²) in [4.78, 5) is 21.3. The van der Waals surface area contributed by atoms with Gasteiger partial charge in [0.15, 0.2) is 0 Å². The molecular weight excluding hydrogens is 298 g/mol. The Morgan fingerprint density at radius 2 is 2.29 bits per heavy atom. The van der Waals surface area contributed by atoms with Crippen molar-refractivity contribution in [1.82, 2.24) is 5.32 Å². The highest BCUT2D eigenvalue weighted by Crippen LogP contribution is 2.28. The average molecular weight is 316 g/mol. The van der Waals surface area contributed by atoms with Crippen LogP contribution in [0.4, 0.5) is 5.69 Å². The molecule has 0 heterocycles. The van der Waals surface area contributed by atoms with Crippen molar-refractivity contribution in [3.05, 3.63) is 33.3 Å². The first-order chi connectivity index (χ1) is 9.95. The molecule has 1 rings (SSSR count). The van der Waals surface area contributed by atoms with E-state index in [1.807, 2.05) is 6.92 Å². The van der Waals surface area contributed by atoms with Gasteiger partial charge in [0.05, 0.1) is 22.6 Å². The molecule has 0 aliphatic rings. The molecule has 1 unspecified atom stereocenters. The van der Waals surface area contributed by atoms with Crippen molar-refractivity contribution in [2.45, 2.75) is 25.8 Å². The zero-order valence-corrected chi connectivity index (χ0v) is 12.4. The molecule has 0 radical (unpaired) electrons. The normalized spacial score (nSPS) is 11.9. The quantitative estimate of drug-likeness (QED) is 0.534. The number of amides is 1. The van der Waals surface area contributed by atoms with Crippen molar-refractivity contribution in [1.29, 1.82) is 0 Å². The lowest BCUT2D eigenvalue weighted by Crippen LogP contribution is -2.42. The number of benzene rings is 1. The first-order valence-electron chi connectivity index (χ1n) is 6.55. The highest BCUT2D eigenvalue weighted by molar-refractivity contribution is 6.32. The molecule has 1 atom stereocenters. The number of nitrogens with two attached hydrogens (primary N) is 1. The van der Waals surface area contributed by atoms with Gasteiger partial charge in [0.2, 0.25) is 5.91 Å². The Labute approximate surface area is 127 Å². The van der Waals surface area contributed by atoms with E-state index in [0.29, 0.717) is 18.7 Å². The summed E-state index contributed by atoms with van der Waals surface area (Å²) in [5, 5.41) is 13.8. The van der Waals surface area contributed by atoms with Gasteiger partial charge in [-0.1, -0.05) is 18.5 Å². The van der Waals surface area contributed by atoms with Gasteiger partial charge in [-0.3, -0.25) is 14.9 Å². The minimum Gasteiger partial charge on any atom is -0.492 e. The molecule has 1 aromatic carbocycles. The SMILES string of the molecule is CCCNC(CCOc1ccc([N+](=O)[O-])cc1Cl)C(N)=O. The molecule has 3 N–H and O–H groups in total. The van der Waals surface area contributed by atoms with Crippen LogP contribution in [0.15, 0.2) is 18.2 Å². The fourth-order valence-electron chi connectivity index (χ4n) is 1.67. The van der Waals surface area contributed by atoms with Gasteiger partial charge in [0.25, 0.3) is 5.69 Å². The molecule has 0 bridgehead atoms. The van der Waals surface area contributed by atoms with Gasteiger partial charge in [-0.25, -0.2) is 0 Å². The highest BCUT2D eigenvalue weighted by atomic mass is 35.5. The summed E-state index contributed by atoms with van der Waals surface area (Å²) >= 11 is 5.90. The van der Waals surface area contributed by atoms with Crippen LogP contribution in [0.1, 0.15) is 19.8 Å². The molecule has 0 spiro atoms. The van der Waals surface area contributed by atoms with Gasteiger partial charge in [-0.2, -0.15) is 0 Å². The first kappa shape index (κ1) is 17.2. The van der Waals surface area contributed by atoms with Crippen LogP contribution in [-0.2, 0) is 4.79 Å². The van der Waals surface area contributed by atoms with E-state index >= 15 is 0 Å². The van der Waals surface area contributed by atoms with Gasteiger partial charge < -0.3 is 15.8 Å². The van der Waals surface area contributed by atoms with E-state index in [4.69, 9.17) is 22.1 Å². The van der Waals surface area contributed by atoms with E-state index in [0.717, 1.165) is 6.42 Å². The molecule has 1 aromatic rings. The summed E-state index contributed by atoms with van der Waals surface area (Å²) in [6.07, 6.45) is 1.28. The van der Waals surface area contributed by atoms with Crippen LogP contribution in [0.2, 0.25) is 5.02 Å². The number of nitrogens with one attached hydrogen (secondary N) is 1. The van der Waals surface area contributed by atoms with Crippen LogP contribution < -0.4 is 15.8 Å². The number of carbonyl (C=O) groups excluding carboxylic acids is 1. The number of ether oxygens (including phenoxy) is 1. The van der Waals surface area contributed by atoms with Crippen LogP contribution in [0, 0.1) is 10.1 Å². The second-order valence-electron chi connectivity index (χ2n) is 4.42. The van der Waals surface area contributed by atoms with Crippen LogP contribution in [0.3, 0.4) is 0 Å². The van der Waals surface area contributed by atoms with E-state index in [2.05, 4.69) is 5.32 Å². The minimum absolute atomic E-state index is 0.105. The maximum absolute atomic E-state index is 11.2. The standard InChI is InChI=1S/C13H18ClN3O4/c1-2-6-16-11(13(15)18)5-7-21-12-4-3-9(17(19)20)8-10(12)14/h3-4,8,11,16H,2,5-7H2,1H3,(H2,15,18). The fraction of sp³-hybridized carbons (Fsp3) is 0.462. The Kier molecular flexibility index (Phi) is 6.90. The summed E-state index contributed by atoms with van der Waals surface area (Å²) in [5.74, 6) is -0.108. The van der Waals surface area contributed by atoms with E-state index < -0.39 is 16.9 Å². The number of primary amides is 1. The molecule has 0 saturated carbocycles. The van der Waals surface area contributed by atoms with E-state index in [-0.39, 0.29) is 17.3 Å². The number of hydrogen-bond acceptors (Lipinski definition) is 5. The molecule has 1 amide bonds. The molecule has 0 aromatic heterocycles. The van der Waals surface area contributed by atoms with E-state index in [1.165, 1.54) is 18.2 Å². The number of halogens is 1. The zero-order chi connectivity index (χ0) is 15.8.